The molecule has 0 aromatic heterocycles. The minimum Gasteiger partial charge on any atom is -0.479 e. The van der Waals surface area contributed by atoms with Crippen molar-refractivity contribution in [3.63, 3.8) is 0 Å². The summed E-state index contributed by atoms with van der Waals surface area (Å²) in [4.78, 5) is 10.7. The molecule has 0 spiro atoms. The molecule has 1 rings (SSSR count). The van der Waals surface area contributed by atoms with E-state index in [-0.39, 0.29) is 6.54 Å². The molecule has 1 aliphatic rings. The fourth-order valence-corrected chi connectivity index (χ4v) is 2.43. The average Bonchev–Trinajstić information content (AvgIpc) is 2.61. The van der Waals surface area contributed by atoms with Crippen molar-refractivity contribution in [3.8, 4) is 0 Å². The summed E-state index contributed by atoms with van der Waals surface area (Å²) in [6, 6.07) is 0. The van der Waals surface area contributed by atoms with Crippen LogP contribution in [0, 0.1) is 11.3 Å². The first-order valence-corrected chi connectivity index (χ1v) is 5.16. The number of aliphatic carboxylic acids is 1. The summed E-state index contributed by atoms with van der Waals surface area (Å²) in [5.41, 5.74) is 5.02. The molecular formula is C10H19NO3. The molecule has 0 aliphatic heterocycles. The van der Waals surface area contributed by atoms with Crippen LogP contribution in [0.3, 0.4) is 0 Å². The Morgan fingerprint density at radius 2 is 2.36 bits per heavy atom. The van der Waals surface area contributed by atoms with Crippen molar-refractivity contribution in [2.75, 3.05) is 6.54 Å². The van der Waals surface area contributed by atoms with E-state index in [2.05, 4.69) is 6.92 Å². The van der Waals surface area contributed by atoms with Crippen LogP contribution in [-0.2, 0) is 4.79 Å². The van der Waals surface area contributed by atoms with E-state index in [0.29, 0.717) is 5.92 Å². The van der Waals surface area contributed by atoms with Gasteiger partial charge in [-0.25, -0.2) is 4.79 Å². The molecule has 14 heavy (non-hydrogen) atoms. The van der Waals surface area contributed by atoms with Crippen molar-refractivity contribution in [2.45, 2.75) is 38.7 Å². The molecule has 4 heteroatoms. The zero-order valence-electron chi connectivity index (χ0n) is 8.57. The summed E-state index contributed by atoms with van der Waals surface area (Å²) in [6.07, 6.45) is 2.19. The third-order valence-corrected chi connectivity index (χ3v) is 3.54. The number of hydrogen-bond acceptors (Lipinski definition) is 3. The van der Waals surface area contributed by atoms with Crippen LogP contribution in [-0.4, -0.2) is 28.8 Å². The van der Waals surface area contributed by atoms with Gasteiger partial charge in [-0.1, -0.05) is 13.3 Å². The fraction of sp³-hybridized carbons (Fsp3) is 0.900. The topological polar surface area (TPSA) is 83.5 Å². The Morgan fingerprint density at radius 1 is 1.71 bits per heavy atom. The number of carbonyl (C=O) groups is 1. The first kappa shape index (κ1) is 11.5. The van der Waals surface area contributed by atoms with Crippen molar-refractivity contribution in [1.29, 1.82) is 0 Å². The summed E-state index contributed by atoms with van der Waals surface area (Å²) in [5.74, 6) is -0.625. The molecule has 0 bridgehead atoms. The first-order valence-electron chi connectivity index (χ1n) is 5.16. The summed E-state index contributed by atoms with van der Waals surface area (Å²) in [5, 5.41) is 18.4. The van der Waals surface area contributed by atoms with E-state index in [9.17, 15) is 9.90 Å². The van der Waals surface area contributed by atoms with Crippen molar-refractivity contribution >= 4 is 5.97 Å². The van der Waals surface area contributed by atoms with Crippen LogP contribution in [0.1, 0.15) is 32.6 Å². The maximum Gasteiger partial charge on any atom is 0.333 e. The number of aliphatic hydroxyl groups is 1. The molecule has 0 amide bonds. The summed E-state index contributed by atoms with van der Waals surface area (Å²) < 4.78 is 0. The first-order chi connectivity index (χ1) is 6.55. The molecule has 4 N–H and O–H groups in total. The smallest absolute Gasteiger partial charge is 0.333 e. The average molecular weight is 201 g/mol. The Bertz CT molecular complexity index is 219. The number of hydrogen-bond donors (Lipinski definition) is 3. The van der Waals surface area contributed by atoms with Crippen LogP contribution >= 0.6 is 0 Å². The monoisotopic (exact) mass is 201 g/mol. The lowest BCUT2D eigenvalue weighted by Gasteiger charge is -2.30. The highest BCUT2D eigenvalue weighted by atomic mass is 16.4. The van der Waals surface area contributed by atoms with Crippen molar-refractivity contribution in [2.24, 2.45) is 17.1 Å². The Hall–Kier alpha value is -0.610. The SMILES string of the molecule is CCC1CCC(CN)(C(O)C(=O)O)C1. The van der Waals surface area contributed by atoms with Gasteiger partial charge in [-0.3, -0.25) is 0 Å². The number of nitrogens with two attached hydrogens (primary N) is 1. The molecule has 1 saturated carbocycles. The largest absolute Gasteiger partial charge is 0.479 e. The van der Waals surface area contributed by atoms with E-state index < -0.39 is 17.5 Å². The molecule has 82 valence electrons. The molecule has 4 nitrogen and oxygen atoms in total. The molecule has 3 atom stereocenters. The van der Waals surface area contributed by atoms with Gasteiger partial charge in [0, 0.05) is 12.0 Å². The van der Waals surface area contributed by atoms with Crippen LogP contribution in [0.2, 0.25) is 0 Å². The quantitative estimate of drug-likeness (QED) is 0.621. The number of rotatable bonds is 4. The molecule has 1 aliphatic carbocycles. The van der Waals surface area contributed by atoms with Gasteiger partial charge in [0.25, 0.3) is 0 Å². The second kappa shape index (κ2) is 4.28. The van der Waals surface area contributed by atoms with Gasteiger partial charge in [-0.05, 0) is 25.2 Å². The van der Waals surface area contributed by atoms with E-state index in [4.69, 9.17) is 10.8 Å². The highest BCUT2D eigenvalue weighted by Gasteiger charge is 2.46. The molecule has 0 aromatic carbocycles. The number of carboxylic acid groups (broad SMARTS) is 1. The number of aliphatic hydroxyl groups excluding tert-OH is 1. The van der Waals surface area contributed by atoms with Crippen LogP contribution in [0.25, 0.3) is 0 Å². The standard InChI is InChI=1S/C10H19NO3/c1-2-7-3-4-10(5-7,6-11)8(12)9(13)14/h7-8,12H,2-6,11H2,1H3,(H,13,14). The molecule has 0 aromatic rings. The minimum atomic E-state index is -1.30. The number of carboxylic acids is 1. The van der Waals surface area contributed by atoms with Gasteiger partial charge >= 0.3 is 5.97 Å². The van der Waals surface area contributed by atoms with Crippen molar-refractivity contribution < 1.29 is 15.0 Å². The third kappa shape index (κ3) is 1.91. The van der Waals surface area contributed by atoms with E-state index in [1.165, 1.54) is 0 Å². The third-order valence-electron chi connectivity index (χ3n) is 3.54. The lowest BCUT2D eigenvalue weighted by Crippen LogP contribution is -2.44. The minimum absolute atomic E-state index is 0.261. The highest BCUT2D eigenvalue weighted by Crippen LogP contribution is 2.44. The lowest BCUT2D eigenvalue weighted by atomic mass is 9.79. The normalized spacial score (nSPS) is 34.4. The lowest BCUT2D eigenvalue weighted by molar-refractivity contribution is -0.154. The predicted octanol–water partition coefficient (Wildman–Crippen LogP) is 0.587. The van der Waals surface area contributed by atoms with Crippen molar-refractivity contribution in [1.82, 2.24) is 0 Å². The highest BCUT2D eigenvalue weighted by molar-refractivity contribution is 5.73. The van der Waals surface area contributed by atoms with Gasteiger partial charge in [0.15, 0.2) is 6.10 Å². The van der Waals surface area contributed by atoms with Gasteiger partial charge < -0.3 is 15.9 Å². The second-order valence-electron chi connectivity index (χ2n) is 4.32. The molecule has 0 radical (unpaired) electrons. The summed E-state index contributed by atoms with van der Waals surface area (Å²) in [7, 11) is 0. The van der Waals surface area contributed by atoms with Crippen LogP contribution in [0.5, 0.6) is 0 Å². The van der Waals surface area contributed by atoms with Crippen LogP contribution < -0.4 is 5.73 Å². The fourth-order valence-electron chi connectivity index (χ4n) is 2.43. The van der Waals surface area contributed by atoms with Gasteiger partial charge in [-0.15, -0.1) is 0 Å². The van der Waals surface area contributed by atoms with Crippen LogP contribution in [0.15, 0.2) is 0 Å². The maximum atomic E-state index is 10.7. The Morgan fingerprint density at radius 3 is 2.71 bits per heavy atom. The predicted molar refractivity (Wildman–Crippen MR) is 52.8 cm³/mol. The summed E-state index contributed by atoms with van der Waals surface area (Å²) in [6.45, 7) is 2.35. The second-order valence-corrected chi connectivity index (χ2v) is 4.32. The molecular weight excluding hydrogens is 182 g/mol. The van der Waals surface area contributed by atoms with E-state index in [1.807, 2.05) is 0 Å². The van der Waals surface area contributed by atoms with Gasteiger partial charge in [0.1, 0.15) is 0 Å². The maximum absolute atomic E-state index is 10.7. The van der Waals surface area contributed by atoms with E-state index in [0.717, 1.165) is 25.7 Å². The molecule has 3 unspecified atom stereocenters. The van der Waals surface area contributed by atoms with Gasteiger partial charge in [-0.2, -0.15) is 0 Å². The van der Waals surface area contributed by atoms with E-state index >= 15 is 0 Å². The summed E-state index contributed by atoms with van der Waals surface area (Å²) >= 11 is 0. The van der Waals surface area contributed by atoms with Gasteiger partial charge in [0.05, 0.1) is 0 Å². The Labute approximate surface area is 84.1 Å². The van der Waals surface area contributed by atoms with Crippen LogP contribution in [0.4, 0.5) is 0 Å². The Balaban J connectivity index is 2.73. The zero-order chi connectivity index (χ0) is 10.8. The molecule has 1 fully saturated rings. The van der Waals surface area contributed by atoms with E-state index in [1.54, 1.807) is 0 Å². The zero-order valence-corrected chi connectivity index (χ0v) is 8.57. The molecule has 0 heterocycles. The molecule has 0 saturated heterocycles. The Kier molecular flexibility index (Phi) is 3.50. The van der Waals surface area contributed by atoms with Gasteiger partial charge in [0.2, 0.25) is 0 Å². The van der Waals surface area contributed by atoms with Crippen molar-refractivity contribution in [3.05, 3.63) is 0 Å².